The van der Waals surface area contributed by atoms with E-state index in [1.807, 2.05) is 6.92 Å². The van der Waals surface area contributed by atoms with E-state index in [-0.39, 0.29) is 23.4 Å². The van der Waals surface area contributed by atoms with E-state index in [2.05, 4.69) is 5.32 Å². The van der Waals surface area contributed by atoms with Crippen molar-refractivity contribution < 1.29 is 13.9 Å². The maximum absolute atomic E-state index is 13.9. The quantitative estimate of drug-likeness (QED) is 0.649. The average Bonchev–Trinajstić information content (AvgIpc) is 2.30. The van der Waals surface area contributed by atoms with Gasteiger partial charge in [-0.3, -0.25) is 0 Å². The van der Waals surface area contributed by atoms with Crippen molar-refractivity contribution in [1.29, 1.82) is 0 Å². The lowest BCUT2D eigenvalue weighted by atomic mass is 9.78. The van der Waals surface area contributed by atoms with E-state index in [9.17, 15) is 9.18 Å². The van der Waals surface area contributed by atoms with Gasteiger partial charge >= 0.3 is 5.97 Å². The van der Waals surface area contributed by atoms with E-state index in [1.165, 1.54) is 6.07 Å². The summed E-state index contributed by atoms with van der Waals surface area (Å²) in [6.45, 7) is 4.01. The number of carbonyl (C=O) groups excluding carboxylic acids is 1. The molecule has 3 N–H and O–H groups in total. The van der Waals surface area contributed by atoms with Gasteiger partial charge in [0.15, 0.2) is 0 Å². The fourth-order valence-electron chi connectivity index (χ4n) is 2.23. The van der Waals surface area contributed by atoms with E-state index in [0.717, 1.165) is 25.3 Å². The molecule has 5 heteroatoms. The molecule has 0 heterocycles. The van der Waals surface area contributed by atoms with Crippen molar-refractivity contribution in [1.82, 2.24) is 0 Å². The Bertz CT molecular complexity index is 498. The second kappa shape index (κ2) is 5.07. The largest absolute Gasteiger partial charge is 0.462 e. The van der Waals surface area contributed by atoms with Gasteiger partial charge in [-0.1, -0.05) is 0 Å². The summed E-state index contributed by atoms with van der Waals surface area (Å²) in [6.07, 6.45) is 3.11. The Kier molecular flexibility index (Phi) is 3.64. The van der Waals surface area contributed by atoms with Crippen molar-refractivity contribution >= 4 is 17.3 Å². The van der Waals surface area contributed by atoms with Gasteiger partial charge in [0.2, 0.25) is 0 Å². The number of benzene rings is 1. The van der Waals surface area contributed by atoms with Crippen LogP contribution in [0.15, 0.2) is 12.1 Å². The van der Waals surface area contributed by atoms with Crippen LogP contribution in [0.25, 0.3) is 0 Å². The van der Waals surface area contributed by atoms with Crippen LogP contribution in [0.4, 0.5) is 15.8 Å². The molecule has 0 saturated heterocycles. The number of ether oxygens (including phenoxy) is 1. The average molecular weight is 266 g/mol. The van der Waals surface area contributed by atoms with Gasteiger partial charge < -0.3 is 15.8 Å². The summed E-state index contributed by atoms with van der Waals surface area (Å²) < 4.78 is 18.8. The molecule has 104 valence electrons. The number of hydrogen-bond donors (Lipinski definition) is 2. The first kappa shape index (κ1) is 13.6. The molecule has 1 saturated carbocycles. The zero-order valence-electron chi connectivity index (χ0n) is 11.3. The van der Waals surface area contributed by atoms with Crippen LogP contribution in [0.2, 0.25) is 0 Å². The maximum Gasteiger partial charge on any atom is 0.340 e. The topological polar surface area (TPSA) is 64.3 Å². The Labute approximate surface area is 112 Å². The van der Waals surface area contributed by atoms with Crippen LogP contribution in [0.1, 0.15) is 43.5 Å². The molecular weight excluding hydrogens is 247 g/mol. The predicted molar refractivity (Wildman–Crippen MR) is 72.6 cm³/mol. The second-order valence-electron chi connectivity index (χ2n) is 5.18. The highest BCUT2D eigenvalue weighted by Crippen LogP contribution is 2.36. The van der Waals surface area contributed by atoms with Gasteiger partial charge in [0, 0.05) is 11.2 Å². The summed E-state index contributed by atoms with van der Waals surface area (Å²) in [7, 11) is 0. The van der Waals surface area contributed by atoms with Gasteiger partial charge in [0.1, 0.15) is 5.82 Å². The molecular formula is C14H19FN2O2. The zero-order chi connectivity index (χ0) is 14.0. The highest BCUT2D eigenvalue weighted by atomic mass is 19.1. The molecule has 1 aromatic rings. The van der Waals surface area contributed by atoms with Crippen LogP contribution in [0.3, 0.4) is 0 Å². The Balaban J connectivity index is 2.28. The first-order valence-corrected chi connectivity index (χ1v) is 6.49. The summed E-state index contributed by atoms with van der Waals surface area (Å²) in [4.78, 5) is 11.7. The summed E-state index contributed by atoms with van der Waals surface area (Å²) in [6, 6.07) is 2.60. The Hall–Kier alpha value is -1.78. The van der Waals surface area contributed by atoms with Crippen LogP contribution in [-0.2, 0) is 4.74 Å². The van der Waals surface area contributed by atoms with Crippen molar-refractivity contribution in [2.75, 3.05) is 17.7 Å². The minimum atomic E-state index is -0.526. The summed E-state index contributed by atoms with van der Waals surface area (Å²) in [5.41, 5.74) is 6.17. The number of nitrogens with one attached hydrogen (secondary N) is 1. The molecule has 0 radical (unpaired) electrons. The number of esters is 1. The molecule has 1 fully saturated rings. The molecule has 0 aromatic heterocycles. The van der Waals surface area contributed by atoms with Gasteiger partial charge in [-0.05, 0) is 45.2 Å². The predicted octanol–water partition coefficient (Wildman–Crippen LogP) is 2.94. The Morgan fingerprint density at radius 2 is 2.21 bits per heavy atom. The van der Waals surface area contributed by atoms with Gasteiger partial charge in [-0.25, -0.2) is 9.18 Å². The van der Waals surface area contributed by atoms with Crippen LogP contribution >= 0.6 is 0 Å². The molecule has 0 atom stereocenters. The number of nitrogens with two attached hydrogens (primary N) is 1. The molecule has 2 rings (SSSR count). The number of rotatable bonds is 4. The third-order valence-electron chi connectivity index (χ3n) is 3.53. The number of halogens is 1. The number of carbonyl (C=O) groups is 1. The molecule has 0 spiro atoms. The molecule has 0 aliphatic heterocycles. The second-order valence-corrected chi connectivity index (χ2v) is 5.18. The summed E-state index contributed by atoms with van der Waals surface area (Å²) in [5.74, 6) is -0.972. The first-order valence-electron chi connectivity index (χ1n) is 6.49. The lowest BCUT2D eigenvalue weighted by Gasteiger charge is -2.40. The minimum Gasteiger partial charge on any atom is -0.462 e. The van der Waals surface area contributed by atoms with Crippen LogP contribution in [0, 0.1) is 5.82 Å². The molecule has 1 aromatic carbocycles. The first-order chi connectivity index (χ1) is 8.95. The van der Waals surface area contributed by atoms with Crippen molar-refractivity contribution in [2.24, 2.45) is 0 Å². The molecule has 0 amide bonds. The molecule has 1 aliphatic rings. The maximum atomic E-state index is 13.9. The Morgan fingerprint density at radius 3 is 2.74 bits per heavy atom. The fraction of sp³-hybridized carbons (Fsp3) is 0.500. The Morgan fingerprint density at radius 1 is 1.53 bits per heavy atom. The van der Waals surface area contributed by atoms with Crippen LogP contribution in [0.5, 0.6) is 0 Å². The van der Waals surface area contributed by atoms with Crippen molar-refractivity contribution in [3.05, 3.63) is 23.5 Å². The van der Waals surface area contributed by atoms with Crippen molar-refractivity contribution in [2.45, 2.75) is 38.6 Å². The van der Waals surface area contributed by atoms with E-state index >= 15 is 0 Å². The monoisotopic (exact) mass is 266 g/mol. The van der Waals surface area contributed by atoms with E-state index < -0.39 is 11.8 Å². The lowest BCUT2D eigenvalue weighted by molar-refractivity contribution is 0.0527. The minimum absolute atomic E-state index is 0.0944. The lowest BCUT2D eigenvalue weighted by Crippen LogP contribution is -2.41. The highest BCUT2D eigenvalue weighted by molar-refractivity contribution is 5.96. The van der Waals surface area contributed by atoms with Gasteiger partial charge in [0.25, 0.3) is 0 Å². The van der Waals surface area contributed by atoms with Crippen molar-refractivity contribution in [3.8, 4) is 0 Å². The smallest absolute Gasteiger partial charge is 0.340 e. The third kappa shape index (κ3) is 2.80. The number of hydrogen-bond acceptors (Lipinski definition) is 4. The number of nitrogen functional groups attached to an aromatic ring is 1. The fourth-order valence-corrected chi connectivity index (χ4v) is 2.23. The normalized spacial score (nSPS) is 16.6. The summed E-state index contributed by atoms with van der Waals surface area (Å²) >= 11 is 0. The SMILES string of the molecule is CCOC(=O)c1cc(NC2(C)CCC2)c(F)cc1N. The summed E-state index contributed by atoms with van der Waals surface area (Å²) in [5, 5.41) is 3.15. The van der Waals surface area contributed by atoms with Gasteiger partial charge in [-0.15, -0.1) is 0 Å². The van der Waals surface area contributed by atoms with E-state index in [1.54, 1.807) is 6.92 Å². The van der Waals surface area contributed by atoms with E-state index in [4.69, 9.17) is 10.5 Å². The molecule has 0 bridgehead atoms. The zero-order valence-corrected chi connectivity index (χ0v) is 11.3. The third-order valence-corrected chi connectivity index (χ3v) is 3.53. The van der Waals surface area contributed by atoms with Gasteiger partial charge in [-0.2, -0.15) is 0 Å². The standard InChI is InChI=1S/C14H19FN2O2/c1-3-19-13(18)9-7-12(10(15)8-11(9)16)17-14(2)5-4-6-14/h7-8,17H,3-6,16H2,1-2H3. The molecule has 0 unspecified atom stereocenters. The van der Waals surface area contributed by atoms with Crippen LogP contribution in [-0.4, -0.2) is 18.1 Å². The van der Waals surface area contributed by atoms with E-state index in [0.29, 0.717) is 5.69 Å². The van der Waals surface area contributed by atoms with Gasteiger partial charge in [0.05, 0.1) is 17.9 Å². The molecule has 4 nitrogen and oxygen atoms in total. The molecule has 1 aliphatic carbocycles. The highest BCUT2D eigenvalue weighted by Gasteiger charge is 2.32. The number of anilines is 2. The van der Waals surface area contributed by atoms with Crippen molar-refractivity contribution in [3.63, 3.8) is 0 Å². The van der Waals surface area contributed by atoms with Crippen LogP contribution < -0.4 is 11.1 Å². The molecule has 19 heavy (non-hydrogen) atoms.